The van der Waals surface area contributed by atoms with Crippen molar-refractivity contribution < 1.29 is 4.79 Å². The number of nitrogens with two attached hydrogens (primary N) is 2. The van der Waals surface area contributed by atoms with Gasteiger partial charge in [-0.15, -0.1) is 0 Å². The van der Waals surface area contributed by atoms with Crippen LogP contribution in [-0.2, 0) is 4.79 Å². The molecule has 1 unspecified atom stereocenters. The van der Waals surface area contributed by atoms with Crippen molar-refractivity contribution in [3.05, 3.63) is 0 Å². The fourth-order valence-corrected chi connectivity index (χ4v) is 1.17. The minimum Gasteiger partial charge on any atom is -0.368 e. The number of carbonyl (C=O) groups excluding carboxylic acids is 1. The van der Waals surface area contributed by atoms with Gasteiger partial charge >= 0.3 is 0 Å². The molecule has 2 atom stereocenters. The summed E-state index contributed by atoms with van der Waals surface area (Å²) in [5.41, 5.74) is 10.2. The maximum absolute atomic E-state index is 10.3. The van der Waals surface area contributed by atoms with E-state index in [1.165, 1.54) is 0 Å². The van der Waals surface area contributed by atoms with Gasteiger partial charge in [-0.05, 0) is 6.26 Å². The lowest BCUT2D eigenvalue weighted by Crippen LogP contribution is -2.38. The summed E-state index contributed by atoms with van der Waals surface area (Å²) < 4.78 is 0. The minimum atomic E-state index is -0.518. The van der Waals surface area contributed by atoms with Gasteiger partial charge in [0.25, 0.3) is 0 Å². The molecule has 0 aromatic rings. The van der Waals surface area contributed by atoms with Crippen LogP contribution in [0.25, 0.3) is 0 Å². The third kappa shape index (κ3) is 4.17. The largest absolute Gasteiger partial charge is 0.368 e. The molecule has 0 rings (SSSR count). The average molecular weight is 148 g/mol. The lowest BCUT2D eigenvalue weighted by Gasteiger charge is -2.05. The average Bonchev–Trinajstić information content (AvgIpc) is 1.63. The van der Waals surface area contributed by atoms with Gasteiger partial charge in [0.2, 0.25) is 5.91 Å². The third-order valence-electron chi connectivity index (χ3n) is 0.830. The predicted molar refractivity (Wildman–Crippen MR) is 42.7 cm³/mol. The summed E-state index contributed by atoms with van der Waals surface area (Å²) >= 11 is 0. The van der Waals surface area contributed by atoms with Crippen LogP contribution < -0.4 is 11.5 Å². The first-order valence-corrected chi connectivity index (χ1v) is 4.48. The van der Waals surface area contributed by atoms with E-state index in [4.69, 9.17) is 11.5 Å². The molecule has 0 bridgehead atoms. The highest BCUT2D eigenvalue weighted by Crippen LogP contribution is 2.01. The SMILES string of the molecule is C=S(C)C[C@H](N)C(N)=O. The second-order valence-electron chi connectivity index (χ2n) is 1.96. The van der Waals surface area contributed by atoms with Gasteiger partial charge in [0, 0.05) is 5.75 Å². The molecule has 0 aliphatic heterocycles. The number of rotatable bonds is 3. The lowest BCUT2D eigenvalue weighted by molar-refractivity contribution is -0.118. The van der Waals surface area contributed by atoms with Crippen molar-refractivity contribution in [2.45, 2.75) is 6.04 Å². The standard InChI is InChI=1S/C5H12N2OS/c1-9(2)3-4(6)5(7)8/h4H,1,3,6H2,2H3,(H2,7,8)/t4-,9?/m0/s1. The van der Waals surface area contributed by atoms with Crippen LogP contribution in [0.1, 0.15) is 0 Å². The Labute approximate surface area is 57.3 Å². The van der Waals surface area contributed by atoms with Gasteiger partial charge in [0.05, 0.1) is 6.04 Å². The van der Waals surface area contributed by atoms with Gasteiger partial charge in [0.15, 0.2) is 0 Å². The molecular formula is C5H12N2OS. The second kappa shape index (κ2) is 3.63. The number of carbonyl (C=O) groups is 1. The Bertz CT molecular complexity index is 135. The molecule has 4 heteroatoms. The molecule has 0 fully saturated rings. The lowest BCUT2D eigenvalue weighted by atomic mass is 10.3. The summed E-state index contributed by atoms with van der Waals surface area (Å²) in [7, 11) is -0.0421. The zero-order valence-electron chi connectivity index (χ0n) is 5.46. The number of amides is 1. The zero-order chi connectivity index (χ0) is 7.44. The van der Waals surface area contributed by atoms with Crippen molar-refractivity contribution in [3.63, 3.8) is 0 Å². The van der Waals surface area contributed by atoms with Crippen molar-refractivity contribution in [1.29, 1.82) is 0 Å². The van der Waals surface area contributed by atoms with Gasteiger partial charge in [-0.3, -0.25) is 4.79 Å². The van der Waals surface area contributed by atoms with E-state index in [1.807, 2.05) is 6.26 Å². The van der Waals surface area contributed by atoms with Gasteiger partial charge in [-0.1, -0.05) is 5.87 Å². The van der Waals surface area contributed by atoms with E-state index >= 15 is 0 Å². The van der Waals surface area contributed by atoms with Gasteiger partial charge in [0.1, 0.15) is 0 Å². The minimum absolute atomic E-state index is 0.0421. The van der Waals surface area contributed by atoms with Crippen LogP contribution >= 0.6 is 10.5 Å². The Balaban J connectivity index is 3.63. The van der Waals surface area contributed by atoms with Crippen LogP contribution in [0.4, 0.5) is 0 Å². The molecular weight excluding hydrogens is 136 g/mol. The highest BCUT2D eigenvalue weighted by atomic mass is 32.2. The van der Waals surface area contributed by atoms with Crippen LogP contribution in [0.5, 0.6) is 0 Å². The Morgan fingerprint density at radius 1 is 1.89 bits per heavy atom. The molecule has 0 aliphatic carbocycles. The van der Waals surface area contributed by atoms with E-state index in [2.05, 4.69) is 5.87 Å². The van der Waals surface area contributed by atoms with Crippen LogP contribution in [-0.4, -0.2) is 29.8 Å². The van der Waals surface area contributed by atoms with Crippen LogP contribution in [0, 0.1) is 0 Å². The van der Waals surface area contributed by atoms with Crippen LogP contribution in [0.15, 0.2) is 0 Å². The first kappa shape index (κ1) is 8.65. The van der Waals surface area contributed by atoms with E-state index < -0.39 is 11.9 Å². The molecule has 0 aliphatic rings. The molecule has 0 aromatic heterocycles. The highest BCUT2D eigenvalue weighted by Gasteiger charge is 2.06. The molecule has 1 amide bonds. The summed E-state index contributed by atoms with van der Waals surface area (Å²) in [6.45, 7) is 0. The molecule has 0 radical (unpaired) electrons. The van der Waals surface area contributed by atoms with E-state index in [0.29, 0.717) is 5.75 Å². The molecule has 9 heavy (non-hydrogen) atoms. The molecule has 4 N–H and O–H groups in total. The molecule has 3 nitrogen and oxygen atoms in total. The maximum Gasteiger partial charge on any atom is 0.235 e. The van der Waals surface area contributed by atoms with Gasteiger partial charge in [-0.2, -0.15) is 10.5 Å². The summed E-state index contributed by atoms with van der Waals surface area (Å²) in [5.74, 6) is 3.85. The summed E-state index contributed by atoms with van der Waals surface area (Å²) in [6, 6.07) is -0.518. The Morgan fingerprint density at radius 2 is 2.33 bits per heavy atom. The van der Waals surface area contributed by atoms with Crippen LogP contribution in [0.2, 0.25) is 0 Å². The zero-order valence-corrected chi connectivity index (χ0v) is 6.28. The molecule has 0 saturated heterocycles. The van der Waals surface area contributed by atoms with Crippen molar-refractivity contribution in [1.82, 2.24) is 0 Å². The molecule has 0 spiro atoms. The normalized spacial score (nSPS) is 16.7. The van der Waals surface area contributed by atoms with E-state index in [0.717, 1.165) is 0 Å². The Morgan fingerprint density at radius 3 is 2.44 bits per heavy atom. The molecule has 0 heterocycles. The maximum atomic E-state index is 10.3. The van der Waals surface area contributed by atoms with E-state index in [9.17, 15) is 4.79 Å². The molecule has 0 aromatic carbocycles. The summed E-state index contributed by atoms with van der Waals surface area (Å²) in [4.78, 5) is 10.3. The number of primary amides is 1. The number of hydrogen-bond acceptors (Lipinski definition) is 2. The van der Waals surface area contributed by atoms with Crippen molar-refractivity contribution in [2.24, 2.45) is 11.5 Å². The fraction of sp³-hybridized carbons (Fsp3) is 0.600. The van der Waals surface area contributed by atoms with Crippen molar-refractivity contribution in [2.75, 3.05) is 12.0 Å². The van der Waals surface area contributed by atoms with Crippen molar-refractivity contribution >= 4 is 22.3 Å². The Kier molecular flexibility index (Phi) is 3.49. The topological polar surface area (TPSA) is 69.1 Å². The molecule has 0 saturated carbocycles. The Hall–Kier alpha value is -0.350. The van der Waals surface area contributed by atoms with Gasteiger partial charge < -0.3 is 11.5 Å². The predicted octanol–water partition coefficient (Wildman–Crippen LogP) is -0.870. The highest BCUT2D eigenvalue weighted by molar-refractivity contribution is 8.13. The second-order valence-corrected chi connectivity index (χ2v) is 3.85. The smallest absolute Gasteiger partial charge is 0.235 e. The summed E-state index contributed by atoms with van der Waals surface area (Å²) in [5, 5.41) is 0. The van der Waals surface area contributed by atoms with E-state index in [-0.39, 0.29) is 10.5 Å². The third-order valence-corrected chi connectivity index (χ3v) is 1.76. The first-order chi connectivity index (χ1) is 4.04. The van der Waals surface area contributed by atoms with E-state index in [1.54, 1.807) is 0 Å². The fourth-order valence-electron chi connectivity index (χ4n) is 0.389. The quantitative estimate of drug-likeness (QED) is 0.511. The number of hydrogen-bond donors (Lipinski definition) is 2. The molecule has 54 valence electrons. The van der Waals surface area contributed by atoms with Crippen molar-refractivity contribution in [3.8, 4) is 0 Å². The van der Waals surface area contributed by atoms with Gasteiger partial charge in [-0.25, -0.2) is 0 Å². The first-order valence-electron chi connectivity index (χ1n) is 2.51. The summed E-state index contributed by atoms with van der Waals surface area (Å²) in [6.07, 6.45) is 1.92. The van der Waals surface area contributed by atoms with Crippen LogP contribution in [0.3, 0.4) is 0 Å². The monoisotopic (exact) mass is 148 g/mol.